The van der Waals surface area contributed by atoms with Crippen molar-refractivity contribution in [1.29, 1.82) is 0 Å². The highest BCUT2D eigenvalue weighted by atomic mass is 16.5. The molecule has 0 bridgehead atoms. The van der Waals surface area contributed by atoms with Crippen molar-refractivity contribution >= 4 is 35.3 Å². The molecule has 0 radical (unpaired) electrons. The van der Waals surface area contributed by atoms with Crippen LogP contribution in [-0.4, -0.2) is 84.1 Å². The monoisotopic (exact) mass is 402 g/mol. The lowest BCUT2D eigenvalue weighted by atomic mass is 10.0. The highest BCUT2D eigenvalue weighted by molar-refractivity contribution is 6.25. The Balaban J connectivity index is 1.72. The van der Waals surface area contributed by atoms with Crippen LogP contribution >= 0.6 is 0 Å². The van der Waals surface area contributed by atoms with Gasteiger partial charge in [-0.05, 0) is 32.6 Å². The number of ether oxygens (including phenoxy) is 1. The zero-order chi connectivity index (χ0) is 21.3. The molecule has 4 amide bonds. The number of likely N-dealkylation sites (tertiary alicyclic amines) is 1. The third-order valence-corrected chi connectivity index (χ3v) is 4.80. The zero-order valence-electron chi connectivity index (χ0n) is 16.2. The number of rotatable bonds is 6. The van der Waals surface area contributed by atoms with Gasteiger partial charge in [0.05, 0.1) is 24.2 Å². The van der Waals surface area contributed by atoms with Crippen molar-refractivity contribution in [3.63, 3.8) is 0 Å². The maximum Gasteiger partial charge on any atom is 0.320 e. The lowest BCUT2D eigenvalue weighted by molar-refractivity contribution is -0.155. The Morgan fingerprint density at radius 3 is 2.59 bits per heavy atom. The average Bonchev–Trinajstić information content (AvgIpc) is 2.90. The Kier molecular flexibility index (Phi) is 5.64. The highest BCUT2D eigenvalue weighted by Gasteiger charge is 2.47. The van der Waals surface area contributed by atoms with Gasteiger partial charge < -0.3 is 10.5 Å². The maximum atomic E-state index is 12.9. The van der Waals surface area contributed by atoms with Gasteiger partial charge in [0.15, 0.2) is 0 Å². The molecule has 0 aromatic heterocycles. The lowest BCUT2D eigenvalue weighted by Gasteiger charge is -2.34. The predicted molar refractivity (Wildman–Crippen MR) is 101 cm³/mol. The molecule has 0 spiro atoms. The number of anilines is 1. The standard InChI is InChI=1S/C19H22N4O6/c1-21(2)10-15(25)29-9-8-22-14(24)7-6-13(18(22)27)23-17(26)11-4-3-5-12(20)16(11)19(23)28/h3-5,13H,6-10,20H2,1-2H3. The van der Waals surface area contributed by atoms with Crippen LogP contribution < -0.4 is 5.73 Å². The number of likely N-dealkylation sites (N-methyl/N-ethyl adjacent to an activating group) is 1. The number of nitrogens with zero attached hydrogens (tertiary/aromatic N) is 3. The fraction of sp³-hybridized carbons (Fsp3) is 0.421. The van der Waals surface area contributed by atoms with E-state index in [-0.39, 0.29) is 49.4 Å². The van der Waals surface area contributed by atoms with Crippen molar-refractivity contribution in [3.8, 4) is 0 Å². The molecule has 1 saturated heterocycles. The van der Waals surface area contributed by atoms with Gasteiger partial charge in [-0.3, -0.25) is 38.7 Å². The van der Waals surface area contributed by atoms with Gasteiger partial charge in [-0.15, -0.1) is 0 Å². The van der Waals surface area contributed by atoms with Crippen molar-refractivity contribution < 1.29 is 28.7 Å². The first kappa shape index (κ1) is 20.5. The van der Waals surface area contributed by atoms with E-state index in [9.17, 15) is 24.0 Å². The van der Waals surface area contributed by atoms with E-state index in [0.717, 1.165) is 9.80 Å². The Morgan fingerprint density at radius 1 is 1.21 bits per heavy atom. The number of nitrogens with two attached hydrogens (primary N) is 1. The summed E-state index contributed by atoms with van der Waals surface area (Å²) in [6.45, 7) is -0.231. The van der Waals surface area contributed by atoms with Gasteiger partial charge in [-0.25, -0.2) is 0 Å². The molecule has 1 unspecified atom stereocenters. The van der Waals surface area contributed by atoms with Crippen LogP contribution in [0.4, 0.5) is 5.69 Å². The van der Waals surface area contributed by atoms with Gasteiger partial charge >= 0.3 is 5.97 Å². The third-order valence-electron chi connectivity index (χ3n) is 4.80. The average molecular weight is 402 g/mol. The molecule has 3 rings (SSSR count). The molecule has 1 atom stereocenters. The van der Waals surface area contributed by atoms with Crippen molar-refractivity contribution in [2.45, 2.75) is 18.9 Å². The minimum absolute atomic E-state index is 0.00899. The molecular weight excluding hydrogens is 380 g/mol. The van der Waals surface area contributed by atoms with Crippen LogP contribution in [0.25, 0.3) is 0 Å². The summed E-state index contributed by atoms with van der Waals surface area (Å²) in [4.78, 5) is 65.6. The topological polar surface area (TPSA) is 130 Å². The molecule has 0 aliphatic carbocycles. The molecule has 0 saturated carbocycles. The molecule has 1 fully saturated rings. The number of esters is 1. The van der Waals surface area contributed by atoms with Crippen molar-refractivity contribution in [2.24, 2.45) is 0 Å². The molecule has 1 aromatic carbocycles. The summed E-state index contributed by atoms with van der Waals surface area (Å²) >= 11 is 0. The number of hydrogen-bond donors (Lipinski definition) is 1. The van der Waals surface area contributed by atoms with Crippen LogP contribution in [0.3, 0.4) is 0 Å². The Morgan fingerprint density at radius 2 is 1.93 bits per heavy atom. The summed E-state index contributed by atoms with van der Waals surface area (Å²) in [6.07, 6.45) is 0.0326. The number of imide groups is 2. The minimum atomic E-state index is -1.10. The van der Waals surface area contributed by atoms with Crippen LogP contribution in [-0.2, 0) is 19.1 Å². The fourth-order valence-corrected chi connectivity index (χ4v) is 3.46. The number of fused-ring (bicyclic) bond motifs is 1. The van der Waals surface area contributed by atoms with E-state index in [1.807, 2.05) is 0 Å². The lowest BCUT2D eigenvalue weighted by Crippen LogP contribution is -2.56. The molecule has 10 heteroatoms. The quantitative estimate of drug-likeness (QED) is 0.382. The summed E-state index contributed by atoms with van der Waals surface area (Å²) in [5, 5.41) is 0. The van der Waals surface area contributed by atoms with Gasteiger partial charge in [0, 0.05) is 12.1 Å². The number of nitrogen functional groups attached to an aromatic ring is 1. The minimum Gasteiger partial charge on any atom is -0.463 e. The predicted octanol–water partition coefficient (Wildman–Crippen LogP) is -0.513. The van der Waals surface area contributed by atoms with E-state index in [1.165, 1.54) is 12.1 Å². The number of hydrogen-bond acceptors (Lipinski definition) is 8. The largest absolute Gasteiger partial charge is 0.463 e. The summed E-state index contributed by atoms with van der Waals surface area (Å²) in [5.74, 6) is -2.85. The van der Waals surface area contributed by atoms with E-state index >= 15 is 0 Å². The number of amides is 4. The molecule has 2 N–H and O–H groups in total. The Hall–Kier alpha value is -3.27. The van der Waals surface area contributed by atoms with Crippen LogP contribution in [0.5, 0.6) is 0 Å². The van der Waals surface area contributed by atoms with Gasteiger partial charge in [0.2, 0.25) is 5.91 Å². The van der Waals surface area contributed by atoms with Gasteiger partial charge in [0.1, 0.15) is 12.6 Å². The van der Waals surface area contributed by atoms with Gasteiger partial charge in [-0.1, -0.05) is 6.07 Å². The summed E-state index contributed by atoms with van der Waals surface area (Å²) in [6, 6.07) is 3.45. The van der Waals surface area contributed by atoms with Crippen molar-refractivity contribution in [2.75, 3.05) is 39.5 Å². The number of benzene rings is 1. The van der Waals surface area contributed by atoms with E-state index in [1.54, 1.807) is 25.1 Å². The molecule has 2 aliphatic heterocycles. The first-order valence-electron chi connectivity index (χ1n) is 9.13. The molecular formula is C19H22N4O6. The first-order chi connectivity index (χ1) is 13.7. The van der Waals surface area contributed by atoms with Crippen LogP contribution in [0, 0.1) is 0 Å². The van der Waals surface area contributed by atoms with Crippen LogP contribution in [0.15, 0.2) is 18.2 Å². The Labute approximate surface area is 167 Å². The highest BCUT2D eigenvalue weighted by Crippen LogP contribution is 2.31. The summed E-state index contributed by atoms with van der Waals surface area (Å²) in [7, 11) is 3.41. The van der Waals surface area contributed by atoms with Gasteiger partial charge in [-0.2, -0.15) is 0 Å². The zero-order valence-corrected chi connectivity index (χ0v) is 16.2. The smallest absolute Gasteiger partial charge is 0.320 e. The first-order valence-corrected chi connectivity index (χ1v) is 9.13. The maximum absolute atomic E-state index is 12.9. The van der Waals surface area contributed by atoms with Crippen molar-refractivity contribution in [3.05, 3.63) is 29.3 Å². The Bertz CT molecular complexity index is 897. The normalized spacial score (nSPS) is 19.2. The summed E-state index contributed by atoms with van der Waals surface area (Å²) in [5.41, 5.74) is 6.21. The van der Waals surface area contributed by atoms with Crippen LogP contribution in [0.2, 0.25) is 0 Å². The van der Waals surface area contributed by atoms with E-state index < -0.39 is 35.6 Å². The fourth-order valence-electron chi connectivity index (χ4n) is 3.46. The molecule has 154 valence electrons. The number of carbonyl (C=O) groups excluding carboxylic acids is 5. The van der Waals surface area contributed by atoms with E-state index in [0.29, 0.717) is 0 Å². The SMILES string of the molecule is CN(C)CC(=O)OCCN1C(=O)CCC(N2C(=O)c3cccc(N)c3C2=O)C1=O. The number of carbonyl (C=O) groups is 5. The molecule has 2 aliphatic rings. The van der Waals surface area contributed by atoms with E-state index in [4.69, 9.17) is 10.5 Å². The third kappa shape index (κ3) is 3.83. The molecule has 29 heavy (non-hydrogen) atoms. The van der Waals surface area contributed by atoms with Crippen LogP contribution in [0.1, 0.15) is 33.6 Å². The second kappa shape index (κ2) is 8.00. The van der Waals surface area contributed by atoms with Crippen molar-refractivity contribution in [1.82, 2.24) is 14.7 Å². The second-order valence-corrected chi connectivity index (χ2v) is 7.15. The second-order valence-electron chi connectivity index (χ2n) is 7.15. The van der Waals surface area contributed by atoms with E-state index in [2.05, 4.69) is 0 Å². The molecule has 10 nitrogen and oxygen atoms in total. The van der Waals surface area contributed by atoms with Gasteiger partial charge in [0.25, 0.3) is 17.7 Å². The number of piperidine rings is 1. The molecule has 2 heterocycles. The summed E-state index contributed by atoms with van der Waals surface area (Å²) < 4.78 is 5.03. The molecule has 1 aromatic rings.